The van der Waals surface area contributed by atoms with Gasteiger partial charge < -0.3 is 10.1 Å². The summed E-state index contributed by atoms with van der Waals surface area (Å²) in [7, 11) is 0. The highest BCUT2D eigenvalue weighted by Gasteiger charge is 2.22. The van der Waals surface area contributed by atoms with Gasteiger partial charge in [-0.15, -0.1) is 0 Å². The molecule has 2 aromatic carbocycles. The minimum absolute atomic E-state index is 0.0555. The second-order valence-electron chi connectivity index (χ2n) is 4.56. The number of carbonyl (C=O) groups excluding carboxylic acids is 1. The molecule has 0 radical (unpaired) electrons. The van der Waals surface area contributed by atoms with Crippen molar-refractivity contribution >= 4 is 23.2 Å². The number of benzene rings is 2. The lowest BCUT2D eigenvalue weighted by atomic mass is 10.0. The van der Waals surface area contributed by atoms with E-state index in [1.165, 1.54) is 0 Å². The van der Waals surface area contributed by atoms with Crippen molar-refractivity contribution < 1.29 is 9.53 Å². The molecule has 1 aliphatic heterocycles. The van der Waals surface area contributed by atoms with E-state index in [1.54, 1.807) is 0 Å². The molecule has 0 atom stereocenters. The van der Waals surface area contributed by atoms with Crippen LogP contribution in [0.15, 0.2) is 48.5 Å². The predicted molar refractivity (Wildman–Crippen MR) is 80.6 cm³/mol. The number of hydrogen-bond acceptors (Lipinski definition) is 2. The molecule has 3 nitrogen and oxygen atoms in total. The van der Waals surface area contributed by atoms with E-state index in [-0.39, 0.29) is 5.91 Å². The molecule has 0 spiro atoms. The Balaban J connectivity index is 1.94. The summed E-state index contributed by atoms with van der Waals surface area (Å²) < 4.78 is 5.41. The summed E-state index contributed by atoms with van der Waals surface area (Å²) >= 11 is 0. The number of para-hydroxylation sites is 1. The molecule has 3 heteroatoms. The van der Waals surface area contributed by atoms with E-state index in [0.29, 0.717) is 12.2 Å². The molecule has 1 heterocycles. The van der Waals surface area contributed by atoms with Crippen molar-refractivity contribution in [1.82, 2.24) is 0 Å². The quantitative estimate of drug-likeness (QED) is 0.861. The molecule has 2 aromatic rings. The maximum atomic E-state index is 12.0. The van der Waals surface area contributed by atoms with Crippen LogP contribution in [0.4, 0.5) is 5.69 Å². The number of fused-ring (bicyclic) bond motifs is 1. The molecule has 1 N–H and O–H groups in total. The Labute approximate surface area is 117 Å². The van der Waals surface area contributed by atoms with Gasteiger partial charge in [-0.3, -0.25) is 4.79 Å². The first-order chi connectivity index (χ1) is 9.78. The van der Waals surface area contributed by atoms with Crippen molar-refractivity contribution in [3.63, 3.8) is 0 Å². The van der Waals surface area contributed by atoms with Crippen molar-refractivity contribution in [2.75, 3.05) is 11.9 Å². The van der Waals surface area contributed by atoms with Crippen LogP contribution in [-0.2, 0) is 4.79 Å². The summed E-state index contributed by atoms with van der Waals surface area (Å²) in [5.74, 6) is 0.783. The van der Waals surface area contributed by atoms with Crippen LogP contribution in [0.25, 0.3) is 11.6 Å². The number of anilines is 1. The Morgan fingerprint density at radius 2 is 1.85 bits per heavy atom. The molecule has 100 valence electrons. The molecule has 1 amide bonds. The van der Waals surface area contributed by atoms with Crippen molar-refractivity contribution in [2.45, 2.75) is 6.92 Å². The fraction of sp³-hybridized carbons (Fsp3) is 0.118. The number of hydrogen-bond donors (Lipinski definition) is 1. The second kappa shape index (κ2) is 5.21. The molecule has 20 heavy (non-hydrogen) atoms. The van der Waals surface area contributed by atoms with E-state index in [4.69, 9.17) is 4.74 Å². The number of carbonyl (C=O) groups is 1. The van der Waals surface area contributed by atoms with Crippen molar-refractivity contribution in [1.29, 1.82) is 0 Å². The molecule has 0 unspecified atom stereocenters. The minimum atomic E-state index is -0.0555. The predicted octanol–water partition coefficient (Wildman–Crippen LogP) is 3.58. The molecule has 0 bridgehead atoms. The Kier molecular flexibility index (Phi) is 3.25. The number of rotatable bonds is 3. The van der Waals surface area contributed by atoms with E-state index < -0.39 is 0 Å². The first-order valence-corrected chi connectivity index (χ1v) is 6.63. The maximum Gasteiger partial charge on any atom is 0.256 e. The lowest BCUT2D eigenvalue weighted by Crippen LogP contribution is -2.03. The summed E-state index contributed by atoms with van der Waals surface area (Å²) in [6, 6.07) is 15.4. The standard InChI is InChI=1S/C17H15NO2/c1-2-20-13-9-7-12(8-10-13)11-15-14-5-3-4-6-16(14)18-17(15)19/h3-11H,2H2,1H3,(H,18,19). The lowest BCUT2D eigenvalue weighted by Gasteiger charge is -2.03. The average Bonchev–Trinajstić information content (AvgIpc) is 2.78. The molecule has 0 fully saturated rings. The zero-order chi connectivity index (χ0) is 13.9. The van der Waals surface area contributed by atoms with Gasteiger partial charge >= 0.3 is 0 Å². The Hall–Kier alpha value is -2.55. The number of ether oxygens (including phenoxy) is 1. The first kappa shape index (κ1) is 12.5. The van der Waals surface area contributed by atoms with Gasteiger partial charge in [-0.05, 0) is 36.8 Å². The molecular weight excluding hydrogens is 250 g/mol. The van der Waals surface area contributed by atoms with Crippen LogP contribution in [0.1, 0.15) is 18.1 Å². The fourth-order valence-corrected chi connectivity index (χ4v) is 2.28. The van der Waals surface area contributed by atoms with E-state index in [1.807, 2.05) is 61.5 Å². The van der Waals surface area contributed by atoms with Crippen LogP contribution < -0.4 is 10.1 Å². The molecule has 3 rings (SSSR count). The summed E-state index contributed by atoms with van der Waals surface area (Å²) in [6.07, 6.45) is 1.90. The summed E-state index contributed by atoms with van der Waals surface area (Å²) in [5.41, 5.74) is 3.50. The van der Waals surface area contributed by atoms with E-state index >= 15 is 0 Å². The van der Waals surface area contributed by atoms with E-state index in [0.717, 1.165) is 22.6 Å². The fourth-order valence-electron chi connectivity index (χ4n) is 2.28. The van der Waals surface area contributed by atoms with Gasteiger partial charge in [-0.25, -0.2) is 0 Å². The van der Waals surface area contributed by atoms with Crippen LogP contribution in [0.3, 0.4) is 0 Å². The molecule has 0 saturated carbocycles. The van der Waals surface area contributed by atoms with Gasteiger partial charge in [0, 0.05) is 16.8 Å². The van der Waals surface area contributed by atoms with Gasteiger partial charge in [-0.2, -0.15) is 0 Å². The Morgan fingerprint density at radius 3 is 2.60 bits per heavy atom. The summed E-state index contributed by atoms with van der Waals surface area (Å²) in [5, 5.41) is 2.87. The average molecular weight is 265 g/mol. The smallest absolute Gasteiger partial charge is 0.256 e. The summed E-state index contributed by atoms with van der Waals surface area (Å²) in [4.78, 5) is 12.0. The largest absolute Gasteiger partial charge is 0.494 e. The third-order valence-corrected chi connectivity index (χ3v) is 3.21. The lowest BCUT2D eigenvalue weighted by molar-refractivity contribution is -0.110. The van der Waals surface area contributed by atoms with E-state index in [9.17, 15) is 4.79 Å². The van der Waals surface area contributed by atoms with Crippen LogP contribution in [-0.4, -0.2) is 12.5 Å². The van der Waals surface area contributed by atoms with Crippen molar-refractivity contribution in [2.24, 2.45) is 0 Å². The number of nitrogens with one attached hydrogen (secondary N) is 1. The maximum absolute atomic E-state index is 12.0. The van der Waals surface area contributed by atoms with Crippen LogP contribution in [0.5, 0.6) is 5.75 Å². The highest BCUT2D eigenvalue weighted by atomic mass is 16.5. The zero-order valence-electron chi connectivity index (χ0n) is 11.2. The normalized spacial score (nSPS) is 15.1. The SMILES string of the molecule is CCOc1ccc(C=C2C(=O)Nc3ccccc32)cc1. The Bertz CT molecular complexity index is 672. The molecule has 0 saturated heterocycles. The van der Waals surface area contributed by atoms with Crippen LogP contribution in [0.2, 0.25) is 0 Å². The monoisotopic (exact) mass is 265 g/mol. The van der Waals surface area contributed by atoms with E-state index in [2.05, 4.69) is 5.32 Å². The van der Waals surface area contributed by atoms with Gasteiger partial charge in [-0.1, -0.05) is 30.3 Å². The zero-order valence-corrected chi connectivity index (χ0v) is 11.2. The van der Waals surface area contributed by atoms with Crippen molar-refractivity contribution in [3.8, 4) is 5.75 Å². The Morgan fingerprint density at radius 1 is 1.10 bits per heavy atom. The first-order valence-electron chi connectivity index (χ1n) is 6.63. The van der Waals surface area contributed by atoms with Gasteiger partial charge in [0.1, 0.15) is 5.75 Å². The molecule has 0 aromatic heterocycles. The third-order valence-electron chi connectivity index (χ3n) is 3.21. The third kappa shape index (κ3) is 2.30. The topological polar surface area (TPSA) is 38.3 Å². The second-order valence-corrected chi connectivity index (χ2v) is 4.56. The van der Waals surface area contributed by atoms with Crippen LogP contribution in [0, 0.1) is 0 Å². The minimum Gasteiger partial charge on any atom is -0.494 e. The molecular formula is C17H15NO2. The highest BCUT2D eigenvalue weighted by Crippen LogP contribution is 2.32. The van der Waals surface area contributed by atoms with Gasteiger partial charge in [0.15, 0.2) is 0 Å². The van der Waals surface area contributed by atoms with Gasteiger partial charge in [0.05, 0.1) is 6.61 Å². The van der Waals surface area contributed by atoms with Crippen molar-refractivity contribution in [3.05, 3.63) is 59.7 Å². The highest BCUT2D eigenvalue weighted by molar-refractivity contribution is 6.34. The van der Waals surface area contributed by atoms with Crippen LogP contribution >= 0.6 is 0 Å². The van der Waals surface area contributed by atoms with Gasteiger partial charge in [0.25, 0.3) is 5.91 Å². The molecule has 0 aliphatic carbocycles. The summed E-state index contributed by atoms with van der Waals surface area (Å²) in [6.45, 7) is 2.60. The van der Waals surface area contributed by atoms with Gasteiger partial charge in [0.2, 0.25) is 0 Å². The molecule has 1 aliphatic rings. The number of amides is 1.